The molecule has 3 unspecified atom stereocenters. The second kappa shape index (κ2) is 8.90. The Morgan fingerprint density at radius 2 is 1.68 bits per heavy atom. The third-order valence-electron chi connectivity index (χ3n) is 3.70. The summed E-state index contributed by atoms with van der Waals surface area (Å²) in [6.07, 6.45) is 8.96. The maximum Gasteiger partial charge on any atom is 0.158 e. The monoisotopic (exact) mass is 272 g/mol. The highest BCUT2D eigenvalue weighted by Crippen LogP contribution is 2.19. The molecule has 0 bridgehead atoms. The highest BCUT2D eigenvalue weighted by molar-refractivity contribution is 4.63. The Balaban J connectivity index is 1.68. The molecule has 19 heavy (non-hydrogen) atoms. The van der Waals surface area contributed by atoms with Gasteiger partial charge in [0.15, 0.2) is 12.6 Å². The molecule has 0 radical (unpaired) electrons. The Morgan fingerprint density at radius 3 is 2.26 bits per heavy atom. The molecule has 2 rings (SSSR count). The average Bonchev–Trinajstić information content (AvgIpc) is 2.47. The lowest BCUT2D eigenvalue weighted by atomic mass is 10.2. The minimum absolute atomic E-state index is 0.0241. The standard InChI is InChI=1S/C15H28O4/c1-2-7-13(19-15-9-4-6-11-17-15)12-18-14-8-3-5-10-16-14/h13-15H,2-12H2,1H3. The van der Waals surface area contributed by atoms with Crippen LogP contribution in [0.15, 0.2) is 0 Å². The van der Waals surface area contributed by atoms with Crippen molar-refractivity contribution in [1.82, 2.24) is 0 Å². The molecule has 0 saturated carbocycles. The van der Waals surface area contributed by atoms with Crippen LogP contribution in [0.1, 0.15) is 58.3 Å². The Kier molecular flexibility index (Phi) is 7.14. The minimum Gasteiger partial charge on any atom is -0.353 e. The molecule has 4 nitrogen and oxygen atoms in total. The fraction of sp³-hybridized carbons (Fsp3) is 1.00. The summed E-state index contributed by atoms with van der Waals surface area (Å²) in [5.74, 6) is 0. The molecular formula is C15H28O4. The first-order chi connectivity index (χ1) is 9.38. The molecule has 4 heteroatoms. The third kappa shape index (κ3) is 5.78. The smallest absolute Gasteiger partial charge is 0.158 e. The fourth-order valence-corrected chi connectivity index (χ4v) is 2.60. The summed E-state index contributed by atoms with van der Waals surface area (Å²) in [7, 11) is 0. The van der Waals surface area contributed by atoms with Crippen LogP contribution in [0, 0.1) is 0 Å². The van der Waals surface area contributed by atoms with Crippen LogP contribution in [0.2, 0.25) is 0 Å². The van der Waals surface area contributed by atoms with Gasteiger partial charge in [0.05, 0.1) is 12.7 Å². The molecule has 2 aliphatic heterocycles. The van der Waals surface area contributed by atoms with E-state index in [1.807, 2.05) is 0 Å². The van der Waals surface area contributed by atoms with E-state index in [0.29, 0.717) is 6.61 Å². The molecule has 0 aromatic heterocycles. The molecule has 2 heterocycles. The lowest BCUT2D eigenvalue weighted by Gasteiger charge is -2.29. The van der Waals surface area contributed by atoms with Crippen LogP contribution < -0.4 is 0 Å². The summed E-state index contributed by atoms with van der Waals surface area (Å²) in [6, 6.07) is 0. The van der Waals surface area contributed by atoms with E-state index in [2.05, 4.69) is 6.92 Å². The number of ether oxygens (including phenoxy) is 4. The molecule has 2 saturated heterocycles. The zero-order valence-corrected chi connectivity index (χ0v) is 12.1. The maximum absolute atomic E-state index is 6.02. The first-order valence-electron chi connectivity index (χ1n) is 7.88. The molecule has 2 fully saturated rings. The lowest BCUT2D eigenvalue weighted by molar-refractivity contribution is -0.224. The minimum atomic E-state index is -0.0267. The van der Waals surface area contributed by atoms with Gasteiger partial charge in [-0.2, -0.15) is 0 Å². The van der Waals surface area contributed by atoms with E-state index in [-0.39, 0.29) is 18.7 Å². The van der Waals surface area contributed by atoms with Crippen molar-refractivity contribution in [2.75, 3.05) is 19.8 Å². The van der Waals surface area contributed by atoms with Crippen molar-refractivity contribution in [3.8, 4) is 0 Å². The van der Waals surface area contributed by atoms with Gasteiger partial charge in [-0.05, 0) is 44.9 Å². The summed E-state index contributed by atoms with van der Waals surface area (Å²) in [6.45, 7) is 4.46. The highest BCUT2D eigenvalue weighted by atomic mass is 16.7. The third-order valence-corrected chi connectivity index (χ3v) is 3.70. The number of hydrogen-bond donors (Lipinski definition) is 0. The molecule has 3 atom stereocenters. The summed E-state index contributed by atoms with van der Waals surface area (Å²) >= 11 is 0. The van der Waals surface area contributed by atoms with Gasteiger partial charge in [-0.25, -0.2) is 0 Å². The van der Waals surface area contributed by atoms with Crippen LogP contribution in [0.5, 0.6) is 0 Å². The summed E-state index contributed by atoms with van der Waals surface area (Å²) in [4.78, 5) is 0. The summed E-state index contributed by atoms with van der Waals surface area (Å²) < 4.78 is 23.1. The van der Waals surface area contributed by atoms with Crippen molar-refractivity contribution in [3.05, 3.63) is 0 Å². The zero-order chi connectivity index (χ0) is 13.3. The lowest BCUT2D eigenvalue weighted by Crippen LogP contribution is -2.33. The molecule has 0 N–H and O–H groups in total. The van der Waals surface area contributed by atoms with Crippen molar-refractivity contribution in [1.29, 1.82) is 0 Å². The molecule has 112 valence electrons. The van der Waals surface area contributed by atoms with Crippen LogP contribution in [0.25, 0.3) is 0 Å². The second-order valence-corrected chi connectivity index (χ2v) is 5.47. The zero-order valence-electron chi connectivity index (χ0n) is 12.1. The van der Waals surface area contributed by atoms with Gasteiger partial charge in [-0.1, -0.05) is 13.3 Å². The quantitative estimate of drug-likeness (QED) is 0.713. The summed E-state index contributed by atoms with van der Waals surface area (Å²) in [5, 5.41) is 0. The van der Waals surface area contributed by atoms with Crippen LogP contribution >= 0.6 is 0 Å². The summed E-state index contributed by atoms with van der Waals surface area (Å²) in [5.41, 5.74) is 0. The van der Waals surface area contributed by atoms with E-state index in [1.54, 1.807) is 0 Å². The van der Waals surface area contributed by atoms with E-state index < -0.39 is 0 Å². The van der Waals surface area contributed by atoms with Gasteiger partial charge >= 0.3 is 0 Å². The van der Waals surface area contributed by atoms with Crippen molar-refractivity contribution in [3.63, 3.8) is 0 Å². The van der Waals surface area contributed by atoms with Crippen molar-refractivity contribution < 1.29 is 18.9 Å². The SMILES string of the molecule is CCCC(COC1CCCCO1)OC1CCCCO1. The predicted octanol–water partition coefficient (Wildman–Crippen LogP) is 3.24. The van der Waals surface area contributed by atoms with Crippen molar-refractivity contribution >= 4 is 0 Å². The highest BCUT2D eigenvalue weighted by Gasteiger charge is 2.21. The van der Waals surface area contributed by atoms with Crippen LogP contribution in [-0.4, -0.2) is 38.5 Å². The fourth-order valence-electron chi connectivity index (χ4n) is 2.60. The molecule has 2 aliphatic rings. The first kappa shape index (κ1) is 15.2. The van der Waals surface area contributed by atoms with Gasteiger partial charge in [-0.15, -0.1) is 0 Å². The van der Waals surface area contributed by atoms with E-state index in [1.165, 1.54) is 12.8 Å². The van der Waals surface area contributed by atoms with E-state index in [0.717, 1.165) is 51.7 Å². The molecule has 0 aromatic carbocycles. The number of rotatable bonds is 7. The Bertz CT molecular complexity index is 222. The van der Waals surface area contributed by atoms with Crippen LogP contribution in [0.4, 0.5) is 0 Å². The molecule has 0 aromatic rings. The normalized spacial score (nSPS) is 30.2. The Morgan fingerprint density at radius 1 is 1.00 bits per heavy atom. The van der Waals surface area contributed by atoms with Crippen LogP contribution in [-0.2, 0) is 18.9 Å². The first-order valence-corrected chi connectivity index (χ1v) is 7.88. The largest absolute Gasteiger partial charge is 0.353 e. The Hall–Kier alpha value is -0.160. The Labute approximate surface area is 116 Å². The maximum atomic E-state index is 6.02. The van der Waals surface area contributed by atoms with Crippen LogP contribution in [0.3, 0.4) is 0 Å². The topological polar surface area (TPSA) is 36.9 Å². The van der Waals surface area contributed by atoms with E-state index in [9.17, 15) is 0 Å². The second-order valence-electron chi connectivity index (χ2n) is 5.47. The molecule has 0 spiro atoms. The molecular weight excluding hydrogens is 244 g/mol. The van der Waals surface area contributed by atoms with Gasteiger partial charge < -0.3 is 18.9 Å². The van der Waals surface area contributed by atoms with Gasteiger partial charge in [0, 0.05) is 13.2 Å². The van der Waals surface area contributed by atoms with Gasteiger partial charge in [0.1, 0.15) is 0 Å². The predicted molar refractivity (Wildman–Crippen MR) is 72.9 cm³/mol. The van der Waals surface area contributed by atoms with Gasteiger partial charge in [0.2, 0.25) is 0 Å². The van der Waals surface area contributed by atoms with Crippen molar-refractivity contribution in [2.45, 2.75) is 77.0 Å². The van der Waals surface area contributed by atoms with Crippen molar-refractivity contribution in [2.24, 2.45) is 0 Å². The van der Waals surface area contributed by atoms with E-state index >= 15 is 0 Å². The average molecular weight is 272 g/mol. The van der Waals surface area contributed by atoms with Gasteiger partial charge in [-0.3, -0.25) is 0 Å². The number of hydrogen-bond acceptors (Lipinski definition) is 4. The van der Waals surface area contributed by atoms with Gasteiger partial charge in [0.25, 0.3) is 0 Å². The molecule has 0 aliphatic carbocycles. The molecule has 0 amide bonds. The van der Waals surface area contributed by atoms with E-state index in [4.69, 9.17) is 18.9 Å².